The highest BCUT2D eigenvalue weighted by Crippen LogP contribution is 2.36. The van der Waals surface area contributed by atoms with Crippen LogP contribution in [-0.4, -0.2) is 16.0 Å². The lowest BCUT2D eigenvalue weighted by Crippen LogP contribution is -2.30. The van der Waals surface area contributed by atoms with Crippen molar-refractivity contribution in [1.29, 1.82) is 0 Å². The maximum absolute atomic E-state index is 5.54. The normalized spacial score (nSPS) is 18.9. The Morgan fingerprint density at radius 3 is 2.35 bits per heavy atom. The molecule has 20 heavy (non-hydrogen) atoms. The Morgan fingerprint density at radius 2 is 1.80 bits per heavy atom. The Kier molecular flexibility index (Phi) is 4.48. The Hall–Kier alpha value is -1.36. The summed E-state index contributed by atoms with van der Waals surface area (Å²) in [7, 11) is 0. The van der Waals surface area contributed by atoms with Crippen LogP contribution >= 0.6 is 0 Å². The molecule has 1 aromatic rings. The van der Waals surface area contributed by atoms with E-state index in [9.17, 15) is 0 Å². The van der Waals surface area contributed by atoms with E-state index in [0.717, 1.165) is 29.4 Å². The van der Waals surface area contributed by atoms with E-state index in [0.29, 0.717) is 11.5 Å². The van der Waals surface area contributed by atoms with Crippen molar-refractivity contribution < 1.29 is 0 Å². The predicted molar refractivity (Wildman–Crippen MR) is 83.6 cm³/mol. The van der Waals surface area contributed by atoms with Crippen LogP contribution in [0.1, 0.15) is 57.8 Å². The lowest BCUT2D eigenvalue weighted by molar-refractivity contribution is 0.232. The van der Waals surface area contributed by atoms with Crippen molar-refractivity contribution in [3.8, 4) is 0 Å². The molecule has 0 radical (unpaired) electrons. The molecule has 4 N–H and O–H groups in total. The fourth-order valence-electron chi connectivity index (χ4n) is 2.74. The minimum atomic E-state index is 0.484. The van der Waals surface area contributed by atoms with Crippen LogP contribution in [0.2, 0.25) is 0 Å². The van der Waals surface area contributed by atoms with Crippen molar-refractivity contribution in [3.05, 3.63) is 11.4 Å². The van der Waals surface area contributed by atoms with Crippen molar-refractivity contribution in [3.63, 3.8) is 0 Å². The molecule has 5 heteroatoms. The van der Waals surface area contributed by atoms with Crippen LogP contribution in [0.5, 0.6) is 0 Å². The average molecular weight is 277 g/mol. The molecule has 0 atom stereocenters. The first-order valence-electron chi connectivity index (χ1n) is 7.56. The molecule has 2 rings (SSSR count). The first-order valence-corrected chi connectivity index (χ1v) is 7.56. The van der Waals surface area contributed by atoms with Crippen molar-refractivity contribution in [1.82, 2.24) is 9.97 Å². The molecule has 0 saturated heterocycles. The number of hydrazine groups is 1. The van der Waals surface area contributed by atoms with Gasteiger partial charge in [0.25, 0.3) is 0 Å². The molecule has 1 aliphatic carbocycles. The molecule has 0 aromatic carbocycles. The number of aromatic nitrogens is 2. The summed E-state index contributed by atoms with van der Waals surface area (Å²) in [5.74, 6) is 8.01. The molecule has 1 saturated carbocycles. The van der Waals surface area contributed by atoms with Crippen molar-refractivity contribution in [2.75, 3.05) is 10.7 Å². The Bertz CT molecular complexity index is 460. The highest BCUT2D eigenvalue weighted by molar-refractivity contribution is 5.57. The summed E-state index contributed by atoms with van der Waals surface area (Å²) < 4.78 is 0. The van der Waals surface area contributed by atoms with Gasteiger partial charge in [-0.2, -0.15) is 0 Å². The number of anilines is 2. The third-order valence-corrected chi connectivity index (χ3v) is 4.33. The van der Waals surface area contributed by atoms with Crippen LogP contribution in [0, 0.1) is 12.3 Å². The van der Waals surface area contributed by atoms with E-state index in [1.807, 2.05) is 6.92 Å². The molecule has 1 fully saturated rings. The SMILES string of the molecule is CCc1nc(NN)c(C)c(NC2CCC(C)(C)CC2)n1. The van der Waals surface area contributed by atoms with Crippen LogP contribution in [0.4, 0.5) is 11.6 Å². The zero-order valence-corrected chi connectivity index (χ0v) is 13.1. The first kappa shape index (κ1) is 15.0. The van der Waals surface area contributed by atoms with Gasteiger partial charge in [0.2, 0.25) is 0 Å². The smallest absolute Gasteiger partial charge is 0.148 e. The van der Waals surface area contributed by atoms with E-state index >= 15 is 0 Å². The molecule has 5 nitrogen and oxygen atoms in total. The number of aryl methyl sites for hydroxylation is 1. The maximum atomic E-state index is 5.54. The van der Waals surface area contributed by atoms with Crippen LogP contribution in [-0.2, 0) is 6.42 Å². The summed E-state index contributed by atoms with van der Waals surface area (Å²) in [6.45, 7) is 8.76. The van der Waals surface area contributed by atoms with Gasteiger partial charge in [0.1, 0.15) is 17.5 Å². The third-order valence-electron chi connectivity index (χ3n) is 4.33. The van der Waals surface area contributed by atoms with Gasteiger partial charge in [-0.1, -0.05) is 20.8 Å². The molecule has 0 spiro atoms. The van der Waals surface area contributed by atoms with Crippen molar-refractivity contribution in [2.45, 2.75) is 65.8 Å². The lowest BCUT2D eigenvalue weighted by atomic mass is 9.75. The number of nitrogens with two attached hydrogens (primary N) is 1. The summed E-state index contributed by atoms with van der Waals surface area (Å²) >= 11 is 0. The summed E-state index contributed by atoms with van der Waals surface area (Å²) in [5.41, 5.74) is 4.15. The molecule has 0 aliphatic heterocycles. The van der Waals surface area contributed by atoms with E-state index in [1.54, 1.807) is 0 Å². The van der Waals surface area contributed by atoms with E-state index in [1.165, 1.54) is 25.7 Å². The molecule has 0 amide bonds. The monoisotopic (exact) mass is 277 g/mol. The van der Waals surface area contributed by atoms with Gasteiger partial charge in [0.15, 0.2) is 0 Å². The topological polar surface area (TPSA) is 75.9 Å². The number of hydrogen-bond donors (Lipinski definition) is 3. The van der Waals surface area contributed by atoms with Crippen molar-refractivity contribution >= 4 is 11.6 Å². The van der Waals surface area contributed by atoms with Gasteiger partial charge >= 0.3 is 0 Å². The number of nitrogen functional groups attached to an aromatic ring is 1. The maximum Gasteiger partial charge on any atom is 0.148 e. The second kappa shape index (κ2) is 5.95. The van der Waals surface area contributed by atoms with E-state index in [4.69, 9.17) is 5.84 Å². The van der Waals surface area contributed by atoms with Gasteiger partial charge in [-0.15, -0.1) is 0 Å². The second-order valence-electron chi connectivity index (χ2n) is 6.54. The van der Waals surface area contributed by atoms with Crippen LogP contribution < -0.4 is 16.6 Å². The van der Waals surface area contributed by atoms with Gasteiger partial charge in [-0.25, -0.2) is 15.8 Å². The Labute approximate surface area is 121 Å². The molecule has 1 heterocycles. The fraction of sp³-hybridized carbons (Fsp3) is 0.733. The van der Waals surface area contributed by atoms with Crippen LogP contribution in [0.15, 0.2) is 0 Å². The number of rotatable bonds is 4. The molecule has 1 aliphatic rings. The quantitative estimate of drug-likeness (QED) is 0.582. The second-order valence-corrected chi connectivity index (χ2v) is 6.54. The van der Waals surface area contributed by atoms with Gasteiger partial charge in [0.05, 0.1) is 0 Å². The highest BCUT2D eigenvalue weighted by atomic mass is 15.3. The number of nitrogens with one attached hydrogen (secondary N) is 2. The van der Waals surface area contributed by atoms with Crippen LogP contribution in [0.3, 0.4) is 0 Å². The fourth-order valence-corrected chi connectivity index (χ4v) is 2.74. The average Bonchev–Trinajstić information content (AvgIpc) is 2.43. The zero-order chi connectivity index (χ0) is 14.8. The van der Waals surface area contributed by atoms with Gasteiger partial charge in [0, 0.05) is 18.0 Å². The molecule has 1 aromatic heterocycles. The lowest BCUT2D eigenvalue weighted by Gasteiger charge is -2.35. The van der Waals surface area contributed by atoms with E-state index < -0.39 is 0 Å². The molecule has 0 bridgehead atoms. The van der Waals surface area contributed by atoms with Crippen molar-refractivity contribution in [2.24, 2.45) is 11.3 Å². The summed E-state index contributed by atoms with van der Waals surface area (Å²) in [4.78, 5) is 9.01. The third kappa shape index (κ3) is 3.39. The minimum absolute atomic E-state index is 0.484. The van der Waals surface area contributed by atoms with Crippen LogP contribution in [0.25, 0.3) is 0 Å². The molecular weight excluding hydrogens is 250 g/mol. The first-order chi connectivity index (χ1) is 9.45. The molecule has 0 unspecified atom stereocenters. The van der Waals surface area contributed by atoms with Gasteiger partial charge in [-0.3, -0.25) is 0 Å². The predicted octanol–water partition coefficient (Wildman–Crippen LogP) is 3.01. The van der Waals surface area contributed by atoms with E-state index in [2.05, 4.69) is 41.5 Å². The molecule has 112 valence electrons. The standard InChI is InChI=1S/C15H27N5/c1-5-12-18-13(10(2)14(19-12)20-16)17-11-6-8-15(3,4)9-7-11/h11H,5-9,16H2,1-4H3,(H2,17,18,19,20). The summed E-state index contributed by atoms with van der Waals surface area (Å²) in [6, 6.07) is 0.506. The minimum Gasteiger partial charge on any atom is -0.367 e. The number of hydrogen-bond acceptors (Lipinski definition) is 5. The van der Waals surface area contributed by atoms with Gasteiger partial charge < -0.3 is 10.7 Å². The summed E-state index contributed by atoms with van der Waals surface area (Å²) in [5, 5.41) is 3.59. The summed E-state index contributed by atoms with van der Waals surface area (Å²) in [6.07, 6.45) is 5.72. The Morgan fingerprint density at radius 1 is 1.20 bits per heavy atom. The Balaban J connectivity index is 2.13. The largest absolute Gasteiger partial charge is 0.367 e. The van der Waals surface area contributed by atoms with E-state index in [-0.39, 0.29) is 0 Å². The highest BCUT2D eigenvalue weighted by Gasteiger charge is 2.27. The van der Waals surface area contributed by atoms with Gasteiger partial charge in [-0.05, 0) is 38.0 Å². The molecular formula is C15H27N5. The number of nitrogens with zero attached hydrogens (tertiary/aromatic N) is 2. The zero-order valence-electron chi connectivity index (χ0n) is 13.1.